The van der Waals surface area contributed by atoms with E-state index >= 15 is 0 Å². The van der Waals surface area contributed by atoms with Gasteiger partial charge in [-0.25, -0.2) is 0 Å². The fraction of sp³-hybridized carbons (Fsp3) is 0.647. The highest BCUT2D eigenvalue weighted by Gasteiger charge is 2.17. The van der Waals surface area contributed by atoms with Crippen molar-refractivity contribution in [1.29, 1.82) is 0 Å². The van der Waals surface area contributed by atoms with E-state index in [0.29, 0.717) is 18.5 Å². The molecule has 0 fully saturated rings. The van der Waals surface area contributed by atoms with E-state index < -0.39 is 0 Å². The summed E-state index contributed by atoms with van der Waals surface area (Å²) in [5, 5.41) is 0. The van der Waals surface area contributed by atoms with E-state index in [4.69, 9.17) is 5.73 Å². The smallest absolute Gasteiger partial charge is 0.0247 e. The van der Waals surface area contributed by atoms with Crippen molar-refractivity contribution < 1.29 is 0 Å². The first-order valence-corrected chi connectivity index (χ1v) is 8.52. The van der Waals surface area contributed by atoms with E-state index in [1.54, 1.807) is 0 Å². The van der Waals surface area contributed by atoms with Crippen LogP contribution in [-0.2, 0) is 13.1 Å². The zero-order chi connectivity index (χ0) is 15.1. The van der Waals surface area contributed by atoms with Gasteiger partial charge in [0.1, 0.15) is 0 Å². The van der Waals surface area contributed by atoms with Gasteiger partial charge in [-0.3, -0.25) is 4.90 Å². The van der Waals surface area contributed by atoms with Gasteiger partial charge in [0, 0.05) is 30.1 Å². The van der Waals surface area contributed by atoms with Crippen LogP contribution in [0.1, 0.15) is 51.7 Å². The zero-order valence-electron chi connectivity index (χ0n) is 13.3. The SMILES string of the molecule is CCC(CC)N(Cc1ccc(CN)cc1Br)CC(C)C. The molecule has 0 aliphatic carbocycles. The molecule has 0 saturated heterocycles. The van der Waals surface area contributed by atoms with Gasteiger partial charge in [0.25, 0.3) is 0 Å². The molecule has 0 atom stereocenters. The second-order valence-corrected chi connectivity index (χ2v) is 6.78. The van der Waals surface area contributed by atoms with Crippen LogP contribution < -0.4 is 5.73 Å². The average molecular weight is 341 g/mol. The Hall–Kier alpha value is -0.380. The highest BCUT2D eigenvalue weighted by molar-refractivity contribution is 9.10. The lowest BCUT2D eigenvalue weighted by atomic mass is 10.1. The summed E-state index contributed by atoms with van der Waals surface area (Å²) in [5.74, 6) is 0.692. The molecule has 3 heteroatoms. The van der Waals surface area contributed by atoms with Crippen LogP contribution in [0.15, 0.2) is 22.7 Å². The third-order valence-electron chi connectivity index (χ3n) is 3.79. The van der Waals surface area contributed by atoms with Gasteiger partial charge in [-0.15, -0.1) is 0 Å². The molecule has 20 heavy (non-hydrogen) atoms. The maximum absolute atomic E-state index is 5.70. The zero-order valence-corrected chi connectivity index (χ0v) is 14.9. The van der Waals surface area contributed by atoms with Crippen LogP contribution in [0.3, 0.4) is 0 Å². The van der Waals surface area contributed by atoms with E-state index in [2.05, 4.69) is 66.7 Å². The van der Waals surface area contributed by atoms with Crippen molar-refractivity contribution in [2.45, 2.75) is 59.7 Å². The predicted octanol–water partition coefficient (Wildman–Crippen LogP) is 4.55. The van der Waals surface area contributed by atoms with Crippen LogP contribution in [0.4, 0.5) is 0 Å². The second kappa shape index (κ2) is 8.81. The van der Waals surface area contributed by atoms with Gasteiger partial charge in [-0.1, -0.05) is 55.8 Å². The predicted molar refractivity (Wildman–Crippen MR) is 91.7 cm³/mol. The van der Waals surface area contributed by atoms with Crippen LogP contribution in [0.2, 0.25) is 0 Å². The number of hydrogen-bond donors (Lipinski definition) is 1. The van der Waals surface area contributed by atoms with Crippen molar-refractivity contribution in [1.82, 2.24) is 4.90 Å². The minimum Gasteiger partial charge on any atom is -0.326 e. The Kier molecular flexibility index (Phi) is 7.78. The Balaban J connectivity index is 2.88. The summed E-state index contributed by atoms with van der Waals surface area (Å²) in [5.41, 5.74) is 8.23. The van der Waals surface area contributed by atoms with Gasteiger partial charge in [-0.05, 0) is 36.0 Å². The normalized spacial score (nSPS) is 11.8. The van der Waals surface area contributed by atoms with Crippen molar-refractivity contribution in [3.05, 3.63) is 33.8 Å². The summed E-state index contributed by atoms with van der Waals surface area (Å²) in [7, 11) is 0. The molecule has 0 saturated carbocycles. The Morgan fingerprint density at radius 3 is 2.30 bits per heavy atom. The summed E-state index contributed by atoms with van der Waals surface area (Å²) in [6.07, 6.45) is 2.42. The molecule has 0 spiro atoms. The van der Waals surface area contributed by atoms with Gasteiger partial charge >= 0.3 is 0 Å². The number of benzene rings is 1. The molecule has 0 aromatic heterocycles. The van der Waals surface area contributed by atoms with Crippen LogP contribution in [-0.4, -0.2) is 17.5 Å². The molecular formula is C17H29BrN2. The van der Waals surface area contributed by atoms with Crippen LogP contribution in [0.5, 0.6) is 0 Å². The van der Waals surface area contributed by atoms with Gasteiger partial charge in [0.15, 0.2) is 0 Å². The molecule has 0 heterocycles. The Bertz CT molecular complexity index is 400. The minimum atomic E-state index is 0.598. The average Bonchev–Trinajstić information content (AvgIpc) is 2.41. The third-order valence-corrected chi connectivity index (χ3v) is 4.52. The fourth-order valence-electron chi connectivity index (χ4n) is 2.68. The van der Waals surface area contributed by atoms with Crippen molar-refractivity contribution >= 4 is 15.9 Å². The minimum absolute atomic E-state index is 0.598. The van der Waals surface area contributed by atoms with Crippen molar-refractivity contribution in [3.8, 4) is 0 Å². The summed E-state index contributed by atoms with van der Waals surface area (Å²) < 4.78 is 1.18. The fourth-order valence-corrected chi connectivity index (χ4v) is 3.23. The molecule has 1 aromatic carbocycles. The summed E-state index contributed by atoms with van der Waals surface area (Å²) in [6, 6.07) is 7.16. The third kappa shape index (κ3) is 5.19. The van der Waals surface area contributed by atoms with E-state index in [9.17, 15) is 0 Å². The first-order chi connectivity index (χ1) is 9.51. The van der Waals surface area contributed by atoms with E-state index in [1.807, 2.05) is 0 Å². The van der Waals surface area contributed by atoms with Crippen LogP contribution in [0, 0.1) is 5.92 Å². The molecule has 2 N–H and O–H groups in total. The van der Waals surface area contributed by atoms with Crippen molar-refractivity contribution in [3.63, 3.8) is 0 Å². The van der Waals surface area contributed by atoms with E-state index in [-0.39, 0.29) is 0 Å². The van der Waals surface area contributed by atoms with E-state index in [0.717, 1.165) is 13.1 Å². The lowest BCUT2D eigenvalue weighted by Crippen LogP contribution is -2.36. The Morgan fingerprint density at radius 1 is 1.20 bits per heavy atom. The first-order valence-electron chi connectivity index (χ1n) is 7.73. The van der Waals surface area contributed by atoms with Gasteiger partial charge in [0.05, 0.1) is 0 Å². The highest BCUT2D eigenvalue weighted by atomic mass is 79.9. The van der Waals surface area contributed by atoms with Gasteiger partial charge in [-0.2, -0.15) is 0 Å². The molecule has 1 rings (SSSR count). The van der Waals surface area contributed by atoms with E-state index in [1.165, 1.54) is 28.4 Å². The second-order valence-electron chi connectivity index (χ2n) is 5.92. The number of rotatable bonds is 8. The molecule has 0 radical (unpaired) electrons. The summed E-state index contributed by atoms with van der Waals surface area (Å²) in [4.78, 5) is 2.62. The number of nitrogens with zero attached hydrogens (tertiary/aromatic N) is 1. The Morgan fingerprint density at radius 2 is 1.85 bits per heavy atom. The lowest BCUT2D eigenvalue weighted by molar-refractivity contribution is 0.157. The standard InChI is InChI=1S/C17H29BrN2/c1-5-16(6-2)20(11-13(3)4)12-15-8-7-14(10-19)9-17(15)18/h7-9,13,16H,5-6,10-12,19H2,1-4H3. The van der Waals surface area contributed by atoms with Gasteiger partial charge < -0.3 is 5.73 Å². The molecule has 0 amide bonds. The number of hydrogen-bond acceptors (Lipinski definition) is 2. The topological polar surface area (TPSA) is 29.3 Å². The monoisotopic (exact) mass is 340 g/mol. The number of halogens is 1. The van der Waals surface area contributed by atoms with Crippen molar-refractivity contribution in [2.75, 3.05) is 6.54 Å². The summed E-state index contributed by atoms with van der Waals surface area (Å²) >= 11 is 3.69. The molecular weight excluding hydrogens is 312 g/mol. The molecule has 0 unspecified atom stereocenters. The maximum atomic E-state index is 5.70. The molecule has 0 bridgehead atoms. The summed E-state index contributed by atoms with van der Waals surface area (Å²) in [6.45, 7) is 11.9. The molecule has 0 aliphatic heterocycles. The number of nitrogens with two attached hydrogens (primary N) is 1. The van der Waals surface area contributed by atoms with Gasteiger partial charge in [0.2, 0.25) is 0 Å². The van der Waals surface area contributed by atoms with Crippen molar-refractivity contribution in [2.24, 2.45) is 11.7 Å². The maximum Gasteiger partial charge on any atom is 0.0247 e. The molecule has 114 valence electrons. The Labute approximate surface area is 132 Å². The van der Waals surface area contributed by atoms with Crippen LogP contribution >= 0.6 is 15.9 Å². The van der Waals surface area contributed by atoms with Crippen LogP contribution in [0.25, 0.3) is 0 Å². The molecule has 0 aliphatic rings. The molecule has 2 nitrogen and oxygen atoms in total. The largest absolute Gasteiger partial charge is 0.326 e. The first kappa shape index (κ1) is 17.7. The lowest BCUT2D eigenvalue weighted by Gasteiger charge is -2.32. The molecule has 1 aromatic rings. The highest BCUT2D eigenvalue weighted by Crippen LogP contribution is 2.23. The quantitative estimate of drug-likeness (QED) is 0.751.